The summed E-state index contributed by atoms with van der Waals surface area (Å²) in [6, 6.07) is 6.27. The van der Waals surface area contributed by atoms with Crippen LogP contribution in [0.1, 0.15) is 18.5 Å². The lowest BCUT2D eigenvalue weighted by Crippen LogP contribution is -2.47. The van der Waals surface area contributed by atoms with Gasteiger partial charge in [-0.1, -0.05) is 6.07 Å². The Kier molecular flexibility index (Phi) is 4.48. The maximum Gasteiger partial charge on any atom is 0.228 e. The van der Waals surface area contributed by atoms with Crippen molar-refractivity contribution in [3.05, 3.63) is 42.4 Å². The van der Waals surface area contributed by atoms with Gasteiger partial charge in [-0.2, -0.15) is 4.98 Å². The van der Waals surface area contributed by atoms with Crippen LogP contribution in [0.25, 0.3) is 0 Å². The van der Waals surface area contributed by atoms with Crippen molar-refractivity contribution in [3.8, 4) is 5.88 Å². The summed E-state index contributed by atoms with van der Waals surface area (Å²) in [6.07, 6.45) is 5.50. The largest absolute Gasteiger partial charge is 0.481 e. The van der Waals surface area contributed by atoms with Gasteiger partial charge in [0.05, 0.1) is 7.11 Å². The van der Waals surface area contributed by atoms with Gasteiger partial charge in [-0.25, -0.2) is 4.98 Å². The second-order valence-corrected chi connectivity index (χ2v) is 5.38. The standard InChI is InChI=1S/C16H21N5O/c1-13(14-4-3-6-17-12-14)20-8-10-21(11-9-20)16-18-7-5-15(19-16)22-2/h3-7,12-13H,8-11H2,1-2H3. The number of piperazine rings is 1. The van der Waals surface area contributed by atoms with Gasteiger partial charge in [0, 0.05) is 56.9 Å². The van der Waals surface area contributed by atoms with Crippen LogP contribution in [-0.4, -0.2) is 53.1 Å². The van der Waals surface area contributed by atoms with Gasteiger partial charge in [0.1, 0.15) is 0 Å². The van der Waals surface area contributed by atoms with Crippen molar-refractivity contribution < 1.29 is 4.74 Å². The van der Waals surface area contributed by atoms with Crippen LogP contribution in [0.4, 0.5) is 5.95 Å². The number of hydrogen-bond acceptors (Lipinski definition) is 6. The number of ether oxygens (including phenoxy) is 1. The van der Waals surface area contributed by atoms with E-state index >= 15 is 0 Å². The third kappa shape index (κ3) is 3.17. The fourth-order valence-electron chi connectivity index (χ4n) is 2.74. The number of hydrogen-bond donors (Lipinski definition) is 0. The first kappa shape index (κ1) is 14.7. The summed E-state index contributed by atoms with van der Waals surface area (Å²) in [4.78, 5) is 17.6. The number of anilines is 1. The molecule has 0 radical (unpaired) electrons. The first-order chi connectivity index (χ1) is 10.8. The number of pyridine rings is 1. The molecule has 0 aliphatic carbocycles. The van der Waals surface area contributed by atoms with E-state index in [0.717, 1.165) is 32.1 Å². The maximum atomic E-state index is 5.17. The molecule has 0 N–H and O–H groups in total. The molecule has 1 aliphatic rings. The molecule has 0 saturated carbocycles. The van der Waals surface area contributed by atoms with Crippen LogP contribution in [0.15, 0.2) is 36.8 Å². The monoisotopic (exact) mass is 299 g/mol. The number of rotatable bonds is 4. The molecule has 6 nitrogen and oxygen atoms in total. The summed E-state index contributed by atoms with van der Waals surface area (Å²) < 4.78 is 5.17. The molecule has 22 heavy (non-hydrogen) atoms. The van der Waals surface area contributed by atoms with E-state index < -0.39 is 0 Å². The molecule has 0 bridgehead atoms. The van der Waals surface area contributed by atoms with Crippen molar-refractivity contribution in [1.82, 2.24) is 19.9 Å². The summed E-state index contributed by atoms with van der Waals surface area (Å²) >= 11 is 0. The molecule has 2 aromatic heterocycles. The lowest BCUT2D eigenvalue weighted by Gasteiger charge is -2.38. The zero-order valence-corrected chi connectivity index (χ0v) is 13.0. The highest BCUT2D eigenvalue weighted by Crippen LogP contribution is 2.22. The number of nitrogens with zero attached hydrogens (tertiary/aromatic N) is 5. The van der Waals surface area contributed by atoms with Crippen molar-refractivity contribution in [3.63, 3.8) is 0 Å². The SMILES string of the molecule is COc1ccnc(N2CCN(C(C)c3cccnc3)CC2)n1. The molecule has 0 amide bonds. The first-order valence-corrected chi connectivity index (χ1v) is 7.54. The summed E-state index contributed by atoms with van der Waals surface area (Å²) in [6.45, 7) is 6.03. The molecule has 2 aromatic rings. The summed E-state index contributed by atoms with van der Waals surface area (Å²) in [5, 5.41) is 0. The topological polar surface area (TPSA) is 54.4 Å². The average Bonchev–Trinajstić information content (AvgIpc) is 2.62. The Balaban J connectivity index is 1.62. The molecule has 1 saturated heterocycles. The van der Waals surface area contributed by atoms with E-state index in [-0.39, 0.29) is 0 Å². The molecule has 0 aromatic carbocycles. The van der Waals surface area contributed by atoms with Crippen LogP contribution in [0.3, 0.4) is 0 Å². The van der Waals surface area contributed by atoms with Gasteiger partial charge in [0.2, 0.25) is 11.8 Å². The smallest absolute Gasteiger partial charge is 0.228 e. The summed E-state index contributed by atoms with van der Waals surface area (Å²) in [7, 11) is 1.62. The predicted octanol–water partition coefficient (Wildman–Crippen LogP) is 1.76. The van der Waals surface area contributed by atoms with Crippen molar-refractivity contribution in [2.24, 2.45) is 0 Å². The Bertz CT molecular complexity index is 598. The molecule has 1 unspecified atom stereocenters. The molecule has 116 valence electrons. The van der Waals surface area contributed by atoms with Crippen LogP contribution in [0.5, 0.6) is 5.88 Å². The minimum absolute atomic E-state index is 0.377. The first-order valence-electron chi connectivity index (χ1n) is 7.54. The van der Waals surface area contributed by atoms with Crippen molar-refractivity contribution in [1.29, 1.82) is 0 Å². The van der Waals surface area contributed by atoms with E-state index in [1.165, 1.54) is 5.56 Å². The third-order valence-corrected chi connectivity index (χ3v) is 4.14. The normalized spacial score (nSPS) is 17.3. The van der Waals surface area contributed by atoms with Gasteiger partial charge in [-0.3, -0.25) is 9.88 Å². The Morgan fingerprint density at radius 1 is 1.14 bits per heavy atom. The van der Waals surface area contributed by atoms with E-state index in [1.54, 1.807) is 19.4 Å². The van der Waals surface area contributed by atoms with Gasteiger partial charge >= 0.3 is 0 Å². The third-order valence-electron chi connectivity index (χ3n) is 4.14. The van der Waals surface area contributed by atoms with Gasteiger partial charge in [0.25, 0.3) is 0 Å². The summed E-state index contributed by atoms with van der Waals surface area (Å²) in [5.74, 6) is 1.35. The Hall–Kier alpha value is -2.21. The number of methoxy groups -OCH3 is 1. The molecule has 6 heteroatoms. The zero-order chi connectivity index (χ0) is 15.4. The highest BCUT2D eigenvalue weighted by molar-refractivity contribution is 5.32. The second-order valence-electron chi connectivity index (χ2n) is 5.38. The van der Waals surface area contributed by atoms with Crippen molar-refractivity contribution >= 4 is 5.95 Å². The number of aromatic nitrogens is 3. The quantitative estimate of drug-likeness (QED) is 0.857. The molecular formula is C16H21N5O. The van der Waals surface area contributed by atoms with Crippen LogP contribution >= 0.6 is 0 Å². The molecule has 1 aliphatic heterocycles. The Morgan fingerprint density at radius 2 is 1.95 bits per heavy atom. The molecule has 3 rings (SSSR count). The van der Waals surface area contributed by atoms with E-state index in [1.807, 2.05) is 18.5 Å². The molecule has 3 heterocycles. The van der Waals surface area contributed by atoms with Crippen molar-refractivity contribution in [2.75, 3.05) is 38.2 Å². The Labute approximate surface area is 130 Å². The highest BCUT2D eigenvalue weighted by atomic mass is 16.5. The van der Waals surface area contributed by atoms with Gasteiger partial charge in [-0.05, 0) is 18.6 Å². The van der Waals surface area contributed by atoms with Crippen LogP contribution in [-0.2, 0) is 0 Å². The van der Waals surface area contributed by atoms with E-state index in [0.29, 0.717) is 11.9 Å². The van der Waals surface area contributed by atoms with Gasteiger partial charge in [-0.15, -0.1) is 0 Å². The van der Waals surface area contributed by atoms with E-state index in [4.69, 9.17) is 4.74 Å². The lowest BCUT2D eigenvalue weighted by molar-refractivity contribution is 0.197. The summed E-state index contributed by atoms with van der Waals surface area (Å²) in [5.41, 5.74) is 1.26. The molecule has 1 atom stereocenters. The maximum absolute atomic E-state index is 5.17. The van der Waals surface area contributed by atoms with Gasteiger partial charge in [0.15, 0.2) is 0 Å². The van der Waals surface area contributed by atoms with E-state index in [9.17, 15) is 0 Å². The van der Waals surface area contributed by atoms with Crippen molar-refractivity contribution in [2.45, 2.75) is 13.0 Å². The molecule has 0 spiro atoms. The van der Waals surface area contributed by atoms with Crippen LogP contribution in [0.2, 0.25) is 0 Å². The fraction of sp³-hybridized carbons (Fsp3) is 0.438. The van der Waals surface area contributed by atoms with Crippen LogP contribution < -0.4 is 9.64 Å². The molecule has 1 fully saturated rings. The minimum Gasteiger partial charge on any atom is -0.481 e. The minimum atomic E-state index is 0.377. The fourth-order valence-corrected chi connectivity index (χ4v) is 2.74. The van der Waals surface area contributed by atoms with Crippen LogP contribution in [0, 0.1) is 0 Å². The van der Waals surface area contributed by atoms with E-state index in [2.05, 4.69) is 37.7 Å². The zero-order valence-electron chi connectivity index (χ0n) is 13.0. The predicted molar refractivity (Wildman–Crippen MR) is 85.0 cm³/mol. The lowest BCUT2D eigenvalue weighted by atomic mass is 10.1. The Morgan fingerprint density at radius 3 is 2.64 bits per heavy atom. The average molecular weight is 299 g/mol. The second kappa shape index (κ2) is 6.70. The molecular weight excluding hydrogens is 278 g/mol. The highest BCUT2D eigenvalue weighted by Gasteiger charge is 2.23. The van der Waals surface area contributed by atoms with Gasteiger partial charge < -0.3 is 9.64 Å².